The number of ether oxygens (including phenoxy) is 2. The zero-order valence-electron chi connectivity index (χ0n) is 18.5. The molecule has 3 aromatic carbocycles. The van der Waals surface area contributed by atoms with E-state index in [1.165, 1.54) is 18.9 Å². The summed E-state index contributed by atoms with van der Waals surface area (Å²) in [5.74, 6) is 0.974. The average molecular weight is 562 g/mol. The molecule has 4 rings (SSSR count). The number of carbonyl (C=O) groups excluding carboxylic acids is 2. The molecule has 1 saturated heterocycles. The molecule has 3 aromatic rings. The predicted octanol–water partition coefficient (Wildman–Crippen LogP) is 6.22. The van der Waals surface area contributed by atoms with E-state index in [1.54, 1.807) is 17.0 Å². The van der Waals surface area contributed by atoms with Crippen LogP contribution in [0, 0.1) is 6.92 Å². The van der Waals surface area contributed by atoms with Gasteiger partial charge in [0.2, 0.25) is 5.91 Å². The predicted molar refractivity (Wildman–Crippen MR) is 140 cm³/mol. The fourth-order valence-corrected chi connectivity index (χ4v) is 5.49. The van der Waals surface area contributed by atoms with Gasteiger partial charge in [0.25, 0.3) is 5.91 Å². The number of rotatable bonds is 7. The highest BCUT2D eigenvalue weighted by atomic mass is 79.9. The molecule has 9 heteroatoms. The van der Waals surface area contributed by atoms with Gasteiger partial charge in [0.15, 0.2) is 18.1 Å². The monoisotopic (exact) mass is 560 g/mol. The zero-order chi connectivity index (χ0) is 24.2. The van der Waals surface area contributed by atoms with Crippen LogP contribution in [0.15, 0.2) is 65.1 Å². The van der Waals surface area contributed by atoms with Gasteiger partial charge in [-0.05, 0) is 82.5 Å². The number of halogens is 2. The maximum atomic E-state index is 12.7. The minimum Gasteiger partial charge on any atom is -0.493 e. The lowest BCUT2D eigenvalue weighted by Crippen LogP contribution is -2.27. The van der Waals surface area contributed by atoms with Crippen molar-refractivity contribution in [3.8, 4) is 11.5 Å². The van der Waals surface area contributed by atoms with Gasteiger partial charge in [-0.1, -0.05) is 23.7 Å². The van der Waals surface area contributed by atoms with Gasteiger partial charge >= 0.3 is 0 Å². The van der Waals surface area contributed by atoms with E-state index in [0.717, 1.165) is 16.8 Å². The Hall–Kier alpha value is -2.68. The van der Waals surface area contributed by atoms with Crippen molar-refractivity contribution in [3.63, 3.8) is 0 Å². The number of benzene rings is 3. The van der Waals surface area contributed by atoms with Gasteiger partial charge in [-0.3, -0.25) is 14.5 Å². The largest absolute Gasteiger partial charge is 0.493 e. The van der Waals surface area contributed by atoms with Gasteiger partial charge in [-0.25, -0.2) is 0 Å². The number of hydrogen-bond acceptors (Lipinski definition) is 5. The highest BCUT2D eigenvalue weighted by molar-refractivity contribution is 9.10. The number of anilines is 2. The Morgan fingerprint density at radius 1 is 1.21 bits per heavy atom. The number of nitrogens with one attached hydrogen (secondary N) is 1. The van der Waals surface area contributed by atoms with Crippen LogP contribution in [0.2, 0.25) is 5.02 Å². The Bertz CT molecular complexity index is 1220. The van der Waals surface area contributed by atoms with Gasteiger partial charge in [0.05, 0.1) is 17.3 Å². The maximum absolute atomic E-state index is 12.7. The molecule has 0 bridgehead atoms. The van der Waals surface area contributed by atoms with Gasteiger partial charge in [-0.2, -0.15) is 0 Å². The Morgan fingerprint density at radius 3 is 2.68 bits per heavy atom. The summed E-state index contributed by atoms with van der Waals surface area (Å²) in [5, 5.41) is 3.19. The first kappa shape index (κ1) is 24.4. The normalized spacial score (nSPS) is 15.4. The van der Waals surface area contributed by atoms with Gasteiger partial charge in [0, 0.05) is 16.4 Å². The van der Waals surface area contributed by atoms with Crippen molar-refractivity contribution >= 4 is 62.5 Å². The molecule has 0 aliphatic carbocycles. The molecular formula is C25H22BrClN2O4S. The third kappa shape index (κ3) is 5.51. The molecule has 34 heavy (non-hydrogen) atoms. The number of nitrogens with zero attached hydrogens (tertiary/aromatic N) is 1. The van der Waals surface area contributed by atoms with E-state index in [1.807, 2.05) is 55.5 Å². The smallest absolute Gasteiger partial charge is 0.262 e. The highest BCUT2D eigenvalue weighted by Crippen LogP contribution is 2.46. The average Bonchev–Trinajstić information content (AvgIpc) is 3.19. The van der Waals surface area contributed by atoms with Crippen LogP contribution in [0.3, 0.4) is 0 Å². The maximum Gasteiger partial charge on any atom is 0.262 e. The molecule has 0 unspecified atom stereocenters. The topological polar surface area (TPSA) is 67.9 Å². The second-order valence-electron chi connectivity index (χ2n) is 7.64. The Labute approximate surface area is 215 Å². The lowest BCUT2D eigenvalue weighted by molar-refractivity contribution is -0.118. The van der Waals surface area contributed by atoms with Gasteiger partial charge < -0.3 is 14.8 Å². The number of hydrogen-bond donors (Lipinski definition) is 1. The summed E-state index contributed by atoms with van der Waals surface area (Å²) in [6.07, 6.45) is 0. The number of amides is 2. The van der Waals surface area contributed by atoms with Crippen molar-refractivity contribution in [1.29, 1.82) is 0 Å². The van der Waals surface area contributed by atoms with Crippen LogP contribution in [0.5, 0.6) is 11.5 Å². The van der Waals surface area contributed by atoms with Crippen molar-refractivity contribution in [2.45, 2.75) is 12.3 Å². The fraction of sp³-hybridized carbons (Fsp3) is 0.200. The summed E-state index contributed by atoms with van der Waals surface area (Å²) in [6.45, 7) is 1.77. The SMILES string of the molecule is COc1cc([C@@H]2SCC(=O)N2c2ccc(Cl)cc2)cc(Br)c1OCC(=O)Nc1cccc(C)c1. The molecular weight excluding hydrogens is 540 g/mol. The number of carbonyl (C=O) groups is 2. The van der Waals surface area contributed by atoms with Crippen LogP contribution in [-0.2, 0) is 9.59 Å². The molecule has 0 saturated carbocycles. The summed E-state index contributed by atoms with van der Waals surface area (Å²) in [4.78, 5) is 26.8. The summed E-state index contributed by atoms with van der Waals surface area (Å²) >= 11 is 11.1. The molecule has 6 nitrogen and oxygen atoms in total. The first-order valence-electron chi connectivity index (χ1n) is 10.4. The quantitative estimate of drug-likeness (QED) is 0.371. The van der Waals surface area contributed by atoms with E-state index in [0.29, 0.717) is 32.4 Å². The summed E-state index contributed by atoms with van der Waals surface area (Å²) < 4.78 is 12.0. The van der Waals surface area contributed by atoms with E-state index in [9.17, 15) is 9.59 Å². The molecule has 0 radical (unpaired) electrons. The first-order valence-corrected chi connectivity index (χ1v) is 12.6. The molecule has 1 heterocycles. The van der Waals surface area contributed by atoms with Crippen molar-refractivity contribution in [3.05, 3.63) is 81.3 Å². The molecule has 0 aromatic heterocycles. The minimum absolute atomic E-state index is 0.0144. The van der Waals surface area contributed by atoms with E-state index >= 15 is 0 Å². The Balaban J connectivity index is 1.52. The summed E-state index contributed by atoms with van der Waals surface area (Å²) in [7, 11) is 1.54. The Morgan fingerprint density at radius 2 is 1.97 bits per heavy atom. The van der Waals surface area contributed by atoms with Crippen LogP contribution in [0.25, 0.3) is 0 Å². The van der Waals surface area contributed by atoms with E-state index in [4.69, 9.17) is 21.1 Å². The summed E-state index contributed by atoms with van der Waals surface area (Å²) in [5.41, 5.74) is 3.40. The third-order valence-corrected chi connectivity index (χ3v) is 7.21. The molecule has 1 aliphatic rings. The number of thioether (sulfide) groups is 1. The lowest BCUT2D eigenvalue weighted by Gasteiger charge is -2.25. The van der Waals surface area contributed by atoms with Crippen LogP contribution >= 0.6 is 39.3 Å². The van der Waals surface area contributed by atoms with Crippen LogP contribution in [-0.4, -0.2) is 31.3 Å². The van der Waals surface area contributed by atoms with Crippen LogP contribution in [0.1, 0.15) is 16.5 Å². The molecule has 1 atom stereocenters. The highest BCUT2D eigenvalue weighted by Gasteiger charge is 2.35. The Kier molecular flexibility index (Phi) is 7.70. The third-order valence-electron chi connectivity index (χ3n) is 5.16. The van der Waals surface area contributed by atoms with Crippen molar-refractivity contribution in [2.24, 2.45) is 0 Å². The molecule has 1 aliphatic heterocycles. The summed E-state index contributed by atoms with van der Waals surface area (Å²) in [6, 6.07) is 18.4. The van der Waals surface area contributed by atoms with Gasteiger partial charge in [0.1, 0.15) is 5.37 Å². The lowest BCUT2D eigenvalue weighted by atomic mass is 10.1. The van der Waals surface area contributed by atoms with Crippen LogP contribution < -0.4 is 19.7 Å². The number of aryl methyl sites for hydroxylation is 1. The molecule has 1 N–H and O–H groups in total. The van der Waals surface area contributed by atoms with Crippen molar-refractivity contribution in [1.82, 2.24) is 0 Å². The molecule has 1 fully saturated rings. The van der Waals surface area contributed by atoms with Crippen molar-refractivity contribution in [2.75, 3.05) is 29.7 Å². The zero-order valence-corrected chi connectivity index (χ0v) is 21.7. The second kappa shape index (κ2) is 10.7. The van der Waals surface area contributed by atoms with E-state index < -0.39 is 0 Å². The fourth-order valence-electron chi connectivity index (χ4n) is 3.63. The van der Waals surface area contributed by atoms with E-state index in [2.05, 4.69) is 21.2 Å². The van der Waals surface area contributed by atoms with E-state index in [-0.39, 0.29) is 23.8 Å². The molecule has 0 spiro atoms. The van der Waals surface area contributed by atoms with Crippen LogP contribution in [0.4, 0.5) is 11.4 Å². The second-order valence-corrected chi connectivity index (χ2v) is 10.0. The number of methoxy groups -OCH3 is 1. The molecule has 2 amide bonds. The minimum atomic E-state index is -0.283. The molecule has 176 valence electrons. The van der Waals surface area contributed by atoms with Gasteiger partial charge in [-0.15, -0.1) is 11.8 Å². The standard InChI is InChI=1S/C25H22BrClN2O4S/c1-15-4-3-5-18(10-15)28-22(30)13-33-24-20(26)11-16(12-21(24)32-2)25-29(23(31)14-34-25)19-8-6-17(27)7-9-19/h3-12,25H,13-14H2,1-2H3,(H,28,30)/t25-/m0/s1. The van der Waals surface area contributed by atoms with Crippen molar-refractivity contribution < 1.29 is 19.1 Å². The first-order chi connectivity index (χ1) is 16.4.